The van der Waals surface area contributed by atoms with Gasteiger partial charge in [0.2, 0.25) is 9.84 Å². The zero-order valence-electron chi connectivity index (χ0n) is 13.9. The molecule has 0 saturated carbocycles. The molecule has 2 aromatic carbocycles. The van der Waals surface area contributed by atoms with E-state index in [9.17, 15) is 13.2 Å². The highest BCUT2D eigenvalue weighted by Crippen LogP contribution is 2.41. The van der Waals surface area contributed by atoms with E-state index >= 15 is 0 Å². The first-order chi connectivity index (χ1) is 12.5. The molecule has 134 valence electrons. The van der Waals surface area contributed by atoms with E-state index in [0.717, 1.165) is 18.5 Å². The number of rotatable bonds is 2. The van der Waals surface area contributed by atoms with Gasteiger partial charge in [-0.3, -0.25) is 4.79 Å². The van der Waals surface area contributed by atoms with Gasteiger partial charge in [-0.25, -0.2) is 8.42 Å². The highest BCUT2D eigenvalue weighted by atomic mass is 35.5. The third kappa shape index (κ3) is 2.79. The van der Waals surface area contributed by atoms with Crippen LogP contribution in [0.3, 0.4) is 0 Å². The lowest BCUT2D eigenvalue weighted by atomic mass is 10.2. The first kappa shape index (κ1) is 17.1. The van der Waals surface area contributed by atoms with Crippen molar-refractivity contribution in [1.29, 1.82) is 0 Å². The van der Waals surface area contributed by atoms with Gasteiger partial charge in [0.05, 0.1) is 10.6 Å². The summed E-state index contributed by atoms with van der Waals surface area (Å²) in [5, 5.41) is 0.433. The number of carbonyl (C=O) groups is 1. The van der Waals surface area contributed by atoms with E-state index in [1.165, 1.54) is 18.3 Å². The number of fused-ring (bicyclic) bond motifs is 1. The average molecular weight is 389 g/mol. The Balaban J connectivity index is 1.90. The van der Waals surface area contributed by atoms with Crippen molar-refractivity contribution >= 4 is 38.7 Å². The molecule has 2 heterocycles. The van der Waals surface area contributed by atoms with Crippen molar-refractivity contribution in [3.05, 3.63) is 64.7 Å². The number of hydrogen-bond acceptors (Lipinski definition) is 4. The van der Waals surface area contributed by atoms with E-state index in [4.69, 9.17) is 11.6 Å². The van der Waals surface area contributed by atoms with Gasteiger partial charge < -0.3 is 9.80 Å². The molecule has 1 amide bonds. The van der Waals surface area contributed by atoms with Gasteiger partial charge in [-0.1, -0.05) is 29.8 Å². The summed E-state index contributed by atoms with van der Waals surface area (Å²) in [6.45, 7) is 1.18. The first-order valence-electron chi connectivity index (χ1n) is 8.38. The molecule has 26 heavy (non-hydrogen) atoms. The van der Waals surface area contributed by atoms with E-state index in [1.54, 1.807) is 15.9 Å². The van der Waals surface area contributed by atoms with Crippen molar-refractivity contribution in [1.82, 2.24) is 4.90 Å². The molecule has 0 unspecified atom stereocenters. The van der Waals surface area contributed by atoms with Crippen LogP contribution in [-0.4, -0.2) is 32.3 Å². The zero-order valence-corrected chi connectivity index (χ0v) is 15.5. The maximum absolute atomic E-state index is 13.1. The number of benzene rings is 2. The van der Waals surface area contributed by atoms with Crippen molar-refractivity contribution in [2.45, 2.75) is 17.7 Å². The Morgan fingerprint density at radius 1 is 1.00 bits per heavy atom. The third-order valence-corrected chi connectivity index (χ3v) is 6.66. The van der Waals surface area contributed by atoms with Crippen molar-refractivity contribution in [2.24, 2.45) is 0 Å². The molecule has 0 atom stereocenters. The lowest BCUT2D eigenvalue weighted by Gasteiger charge is -2.30. The van der Waals surface area contributed by atoms with Crippen LogP contribution in [0.4, 0.5) is 11.4 Å². The summed E-state index contributed by atoms with van der Waals surface area (Å²) >= 11 is 6.11. The number of sulfone groups is 1. The molecule has 0 aromatic heterocycles. The summed E-state index contributed by atoms with van der Waals surface area (Å²) in [4.78, 5) is 16.1. The smallest absolute Gasteiger partial charge is 0.267 e. The quantitative estimate of drug-likeness (QED) is 0.786. The van der Waals surface area contributed by atoms with Gasteiger partial charge in [0.25, 0.3) is 5.91 Å². The largest absolute Gasteiger partial charge is 0.338 e. The second-order valence-electron chi connectivity index (χ2n) is 6.31. The highest BCUT2D eigenvalue weighted by molar-refractivity contribution is 7.96. The maximum atomic E-state index is 13.1. The van der Waals surface area contributed by atoms with Gasteiger partial charge in [0, 0.05) is 30.0 Å². The Hall–Kier alpha value is -2.31. The Kier molecular flexibility index (Phi) is 4.25. The molecule has 2 aromatic rings. The number of anilines is 2. The Labute approximate surface area is 157 Å². The minimum atomic E-state index is -3.91. The van der Waals surface area contributed by atoms with Gasteiger partial charge in [-0.05, 0) is 43.2 Å². The van der Waals surface area contributed by atoms with Gasteiger partial charge in [0.15, 0.2) is 4.91 Å². The van der Waals surface area contributed by atoms with Crippen LogP contribution in [0.5, 0.6) is 0 Å². The minimum absolute atomic E-state index is 0.0933. The molecule has 1 saturated heterocycles. The molecule has 5 nitrogen and oxygen atoms in total. The molecule has 4 rings (SSSR count). The van der Waals surface area contributed by atoms with Crippen LogP contribution in [-0.2, 0) is 14.6 Å². The van der Waals surface area contributed by atoms with Gasteiger partial charge >= 0.3 is 0 Å². The predicted octanol–water partition coefficient (Wildman–Crippen LogP) is 3.73. The highest BCUT2D eigenvalue weighted by Gasteiger charge is 2.38. The molecule has 0 spiro atoms. The zero-order chi connectivity index (χ0) is 18.3. The minimum Gasteiger partial charge on any atom is -0.338 e. The number of carbonyl (C=O) groups excluding carboxylic acids is 1. The Bertz CT molecular complexity index is 997. The van der Waals surface area contributed by atoms with Crippen LogP contribution in [0, 0.1) is 0 Å². The monoisotopic (exact) mass is 388 g/mol. The van der Waals surface area contributed by atoms with Crippen LogP contribution in [0.15, 0.2) is 64.5 Å². The summed E-state index contributed by atoms with van der Waals surface area (Å²) in [6.07, 6.45) is 3.21. The fraction of sp³-hybridized carbons (Fsp3) is 0.211. The number of amides is 1. The molecule has 2 aliphatic heterocycles. The van der Waals surface area contributed by atoms with E-state index in [2.05, 4.69) is 0 Å². The van der Waals surface area contributed by atoms with E-state index < -0.39 is 15.7 Å². The van der Waals surface area contributed by atoms with Crippen LogP contribution >= 0.6 is 11.6 Å². The molecule has 0 aliphatic carbocycles. The van der Waals surface area contributed by atoms with Crippen molar-refractivity contribution in [3.8, 4) is 0 Å². The van der Waals surface area contributed by atoms with Gasteiger partial charge in [-0.15, -0.1) is 0 Å². The SMILES string of the molecule is O=C(C1=CN(c2ccccc2)c2cc(Cl)ccc2S1(=O)=O)N1CCCC1. The lowest BCUT2D eigenvalue weighted by Crippen LogP contribution is -2.35. The number of halogens is 1. The normalized spacial score (nSPS) is 18.4. The maximum Gasteiger partial charge on any atom is 0.267 e. The molecule has 2 aliphatic rings. The van der Waals surface area contributed by atoms with Crippen LogP contribution in [0.25, 0.3) is 0 Å². The van der Waals surface area contributed by atoms with Crippen molar-refractivity contribution in [3.63, 3.8) is 0 Å². The second kappa shape index (κ2) is 6.45. The average Bonchev–Trinajstić information content (AvgIpc) is 3.16. The molecule has 0 bridgehead atoms. The fourth-order valence-electron chi connectivity index (χ4n) is 3.33. The lowest BCUT2D eigenvalue weighted by molar-refractivity contribution is -0.125. The molecule has 0 radical (unpaired) electrons. The van der Waals surface area contributed by atoms with Crippen molar-refractivity contribution in [2.75, 3.05) is 18.0 Å². The van der Waals surface area contributed by atoms with Gasteiger partial charge in [-0.2, -0.15) is 0 Å². The number of nitrogens with zero attached hydrogens (tertiary/aromatic N) is 2. The summed E-state index contributed by atoms with van der Waals surface area (Å²) in [7, 11) is -3.91. The molecule has 0 N–H and O–H groups in total. The topological polar surface area (TPSA) is 57.7 Å². The van der Waals surface area contributed by atoms with E-state index in [-0.39, 0.29) is 9.80 Å². The van der Waals surface area contributed by atoms with Crippen LogP contribution in [0.1, 0.15) is 12.8 Å². The number of likely N-dealkylation sites (tertiary alicyclic amines) is 1. The van der Waals surface area contributed by atoms with E-state index in [1.807, 2.05) is 30.3 Å². The fourth-order valence-corrected chi connectivity index (χ4v) is 5.02. The second-order valence-corrected chi connectivity index (χ2v) is 8.64. The Morgan fingerprint density at radius 2 is 1.69 bits per heavy atom. The molecule has 1 fully saturated rings. The number of para-hydroxylation sites is 1. The first-order valence-corrected chi connectivity index (χ1v) is 10.2. The van der Waals surface area contributed by atoms with E-state index in [0.29, 0.717) is 23.8 Å². The van der Waals surface area contributed by atoms with Crippen LogP contribution in [0.2, 0.25) is 5.02 Å². The van der Waals surface area contributed by atoms with Crippen LogP contribution < -0.4 is 4.90 Å². The molecule has 7 heteroatoms. The summed E-state index contributed by atoms with van der Waals surface area (Å²) in [5.74, 6) is -0.441. The summed E-state index contributed by atoms with van der Waals surface area (Å²) in [6, 6.07) is 13.9. The molecular formula is C19H17ClN2O3S. The molecular weight excluding hydrogens is 372 g/mol. The summed E-state index contributed by atoms with van der Waals surface area (Å²) in [5.41, 5.74) is 1.21. The summed E-state index contributed by atoms with van der Waals surface area (Å²) < 4.78 is 26.2. The van der Waals surface area contributed by atoms with Crippen molar-refractivity contribution < 1.29 is 13.2 Å². The standard InChI is InChI=1S/C19H17ClN2O3S/c20-14-8-9-17-16(12-14)22(15-6-2-1-3-7-15)13-18(26(17,24)25)19(23)21-10-4-5-11-21/h1-3,6-9,12-13H,4-5,10-11H2. The predicted molar refractivity (Wildman–Crippen MR) is 101 cm³/mol. The third-order valence-electron chi connectivity index (χ3n) is 4.64. The van der Waals surface area contributed by atoms with Gasteiger partial charge in [0.1, 0.15) is 0 Å². The Morgan fingerprint density at radius 3 is 2.38 bits per heavy atom. The number of hydrogen-bond donors (Lipinski definition) is 0.